The number of allylic oxidation sites excluding steroid dienone is 16. The molecular formula is C69H118O6. The SMILES string of the molecule is CC/C=C\C/C=C\C/C=C\C/C=C\C/C=C\CCCCCCCCCCCC(=O)OC(COC(=O)CCCCCCC)COC(=O)CCCCCCCCCCCCCC/C=C\C/C=C\C/C=C\CCCCCCC. The molecule has 6 nitrogen and oxygen atoms in total. The lowest BCUT2D eigenvalue weighted by atomic mass is 10.0. The number of ether oxygens (including phenoxy) is 3. The van der Waals surface area contributed by atoms with Crippen molar-refractivity contribution in [1.82, 2.24) is 0 Å². The Bertz CT molecular complexity index is 1480. The second-order valence-electron chi connectivity index (χ2n) is 20.9. The largest absolute Gasteiger partial charge is 0.462 e. The van der Waals surface area contributed by atoms with Crippen LogP contribution < -0.4 is 0 Å². The van der Waals surface area contributed by atoms with Crippen LogP contribution in [0.1, 0.15) is 303 Å². The Hall–Kier alpha value is -3.67. The second-order valence-corrected chi connectivity index (χ2v) is 20.9. The van der Waals surface area contributed by atoms with Gasteiger partial charge in [0, 0.05) is 19.3 Å². The fourth-order valence-electron chi connectivity index (χ4n) is 8.83. The minimum absolute atomic E-state index is 0.0800. The lowest BCUT2D eigenvalue weighted by Gasteiger charge is -2.18. The molecule has 0 radical (unpaired) electrons. The number of carbonyl (C=O) groups is 3. The molecule has 0 rings (SSSR count). The van der Waals surface area contributed by atoms with Gasteiger partial charge in [0.15, 0.2) is 6.10 Å². The Balaban J connectivity index is 4.07. The minimum Gasteiger partial charge on any atom is -0.462 e. The average molecular weight is 1040 g/mol. The van der Waals surface area contributed by atoms with Crippen LogP contribution in [0.25, 0.3) is 0 Å². The van der Waals surface area contributed by atoms with E-state index in [4.69, 9.17) is 14.2 Å². The molecule has 0 aliphatic heterocycles. The molecule has 0 aliphatic rings. The van der Waals surface area contributed by atoms with Crippen LogP contribution in [-0.2, 0) is 28.6 Å². The van der Waals surface area contributed by atoms with Crippen molar-refractivity contribution in [2.24, 2.45) is 0 Å². The summed E-state index contributed by atoms with van der Waals surface area (Å²) in [5.74, 6) is -0.895. The van der Waals surface area contributed by atoms with Gasteiger partial charge in [-0.25, -0.2) is 0 Å². The fourth-order valence-corrected chi connectivity index (χ4v) is 8.83. The molecule has 0 aromatic heterocycles. The van der Waals surface area contributed by atoms with Crippen LogP contribution in [0.15, 0.2) is 97.2 Å². The van der Waals surface area contributed by atoms with Crippen LogP contribution in [0.4, 0.5) is 0 Å². The number of rotatable bonds is 57. The Labute approximate surface area is 464 Å². The van der Waals surface area contributed by atoms with E-state index in [1.165, 1.54) is 148 Å². The third-order valence-corrected chi connectivity index (χ3v) is 13.6. The van der Waals surface area contributed by atoms with E-state index in [0.717, 1.165) is 116 Å². The maximum absolute atomic E-state index is 12.8. The highest BCUT2D eigenvalue weighted by Crippen LogP contribution is 2.16. The molecule has 6 heteroatoms. The van der Waals surface area contributed by atoms with Crippen LogP contribution in [0.5, 0.6) is 0 Å². The molecular weight excluding hydrogens is 925 g/mol. The monoisotopic (exact) mass is 1040 g/mol. The van der Waals surface area contributed by atoms with E-state index in [-0.39, 0.29) is 31.1 Å². The summed E-state index contributed by atoms with van der Waals surface area (Å²) in [6, 6.07) is 0. The number of carbonyl (C=O) groups excluding carboxylic acids is 3. The van der Waals surface area contributed by atoms with Gasteiger partial charge in [-0.3, -0.25) is 14.4 Å². The van der Waals surface area contributed by atoms with Gasteiger partial charge in [0.1, 0.15) is 13.2 Å². The number of unbranched alkanes of at least 4 members (excludes halogenated alkanes) is 30. The molecule has 0 heterocycles. The highest BCUT2D eigenvalue weighted by molar-refractivity contribution is 5.71. The molecule has 1 unspecified atom stereocenters. The minimum atomic E-state index is -0.779. The molecule has 0 saturated carbocycles. The van der Waals surface area contributed by atoms with Crippen LogP contribution in [-0.4, -0.2) is 37.2 Å². The van der Waals surface area contributed by atoms with Gasteiger partial charge in [-0.15, -0.1) is 0 Å². The highest BCUT2D eigenvalue weighted by Gasteiger charge is 2.19. The van der Waals surface area contributed by atoms with Crippen molar-refractivity contribution in [3.05, 3.63) is 97.2 Å². The molecule has 0 spiro atoms. The van der Waals surface area contributed by atoms with Crippen molar-refractivity contribution in [2.45, 2.75) is 309 Å². The highest BCUT2D eigenvalue weighted by atomic mass is 16.6. The molecule has 0 bridgehead atoms. The van der Waals surface area contributed by atoms with Crippen molar-refractivity contribution < 1.29 is 28.6 Å². The average Bonchev–Trinajstić information content (AvgIpc) is 3.41. The lowest BCUT2D eigenvalue weighted by molar-refractivity contribution is -0.167. The molecule has 0 amide bonds. The van der Waals surface area contributed by atoms with Crippen LogP contribution in [0.3, 0.4) is 0 Å². The van der Waals surface area contributed by atoms with Gasteiger partial charge in [0.05, 0.1) is 0 Å². The fraction of sp³-hybridized carbons (Fsp3) is 0.725. The van der Waals surface area contributed by atoms with E-state index in [2.05, 4.69) is 118 Å². The molecule has 0 aromatic rings. The quantitative estimate of drug-likeness (QED) is 0.0261. The molecule has 0 N–H and O–H groups in total. The standard InChI is InChI=1S/C69H118O6/c1-4-7-10-13-15-17-19-21-23-25-27-29-31-33-34-36-37-39-41-43-45-47-49-51-53-56-59-62-68(71)74-65-66(64-73-67(70)61-58-55-12-9-6-3)75-69(72)63-60-57-54-52-50-48-46-44-42-40-38-35-32-30-28-26-24-22-20-18-16-14-11-8-5-2/h8,11,16,18-19,21-22,24-25,27-28,30-31,33,35,38,66H,4-7,9-10,12-15,17,20,23,26,29,32,34,36-37,39-65H2,1-3H3/b11-8-,18-16-,21-19-,24-22-,27-25-,30-28-,33-31-,38-35-. The van der Waals surface area contributed by atoms with Crippen LogP contribution >= 0.6 is 0 Å². The van der Waals surface area contributed by atoms with Crippen molar-refractivity contribution in [3.8, 4) is 0 Å². The topological polar surface area (TPSA) is 78.9 Å². The summed E-state index contributed by atoms with van der Waals surface area (Å²) >= 11 is 0. The zero-order valence-corrected chi connectivity index (χ0v) is 49.3. The van der Waals surface area contributed by atoms with Crippen molar-refractivity contribution in [3.63, 3.8) is 0 Å². The van der Waals surface area contributed by atoms with Gasteiger partial charge in [-0.05, 0) is 103 Å². The van der Waals surface area contributed by atoms with Gasteiger partial charge in [-0.1, -0.05) is 279 Å². The molecule has 0 aliphatic carbocycles. The van der Waals surface area contributed by atoms with Gasteiger partial charge < -0.3 is 14.2 Å². The van der Waals surface area contributed by atoms with Gasteiger partial charge in [0.25, 0.3) is 0 Å². The summed E-state index contributed by atoms with van der Waals surface area (Å²) in [5, 5.41) is 0. The third kappa shape index (κ3) is 61.1. The summed E-state index contributed by atoms with van der Waals surface area (Å²) in [6.45, 7) is 6.44. The lowest BCUT2D eigenvalue weighted by Crippen LogP contribution is -2.30. The van der Waals surface area contributed by atoms with Gasteiger partial charge in [0.2, 0.25) is 0 Å². The Kier molecular flexibility index (Phi) is 59.8. The van der Waals surface area contributed by atoms with Gasteiger partial charge >= 0.3 is 17.9 Å². The zero-order chi connectivity index (χ0) is 54.3. The van der Waals surface area contributed by atoms with Crippen molar-refractivity contribution in [2.75, 3.05) is 13.2 Å². The van der Waals surface area contributed by atoms with E-state index in [0.29, 0.717) is 19.3 Å². The predicted octanol–water partition coefficient (Wildman–Crippen LogP) is 21.7. The van der Waals surface area contributed by atoms with Crippen molar-refractivity contribution in [1.29, 1.82) is 0 Å². The smallest absolute Gasteiger partial charge is 0.306 e. The first-order chi connectivity index (χ1) is 37.0. The van der Waals surface area contributed by atoms with Crippen LogP contribution in [0, 0.1) is 0 Å². The summed E-state index contributed by atoms with van der Waals surface area (Å²) in [7, 11) is 0. The summed E-state index contributed by atoms with van der Waals surface area (Å²) < 4.78 is 16.8. The Morgan fingerprint density at radius 1 is 0.280 bits per heavy atom. The normalized spacial score (nSPS) is 12.7. The molecule has 0 saturated heterocycles. The molecule has 75 heavy (non-hydrogen) atoms. The summed E-state index contributed by atoms with van der Waals surface area (Å²) in [4.78, 5) is 37.9. The van der Waals surface area contributed by atoms with Crippen molar-refractivity contribution >= 4 is 17.9 Å². The molecule has 0 aromatic carbocycles. The van der Waals surface area contributed by atoms with E-state index in [1.54, 1.807) is 0 Å². The second kappa shape index (κ2) is 62.9. The maximum Gasteiger partial charge on any atom is 0.306 e. The zero-order valence-electron chi connectivity index (χ0n) is 49.3. The number of hydrogen-bond acceptors (Lipinski definition) is 6. The van der Waals surface area contributed by atoms with E-state index >= 15 is 0 Å². The molecule has 1 atom stereocenters. The Morgan fingerprint density at radius 3 is 0.813 bits per heavy atom. The first-order valence-electron chi connectivity index (χ1n) is 31.7. The first-order valence-corrected chi connectivity index (χ1v) is 31.7. The van der Waals surface area contributed by atoms with E-state index in [9.17, 15) is 14.4 Å². The van der Waals surface area contributed by atoms with E-state index in [1.807, 2.05) is 0 Å². The first kappa shape index (κ1) is 71.3. The third-order valence-electron chi connectivity index (χ3n) is 13.6. The Morgan fingerprint density at radius 2 is 0.520 bits per heavy atom. The number of esters is 3. The van der Waals surface area contributed by atoms with E-state index < -0.39 is 6.10 Å². The summed E-state index contributed by atoms with van der Waals surface area (Å²) in [5.41, 5.74) is 0. The molecule has 0 fully saturated rings. The van der Waals surface area contributed by atoms with Gasteiger partial charge in [-0.2, -0.15) is 0 Å². The predicted molar refractivity (Wildman–Crippen MR) is 325 cm³/mol. The maximum atomic E-state index is 12.8. The van der Waals surface area contributed by atoms with Crippen LogP contribution in [0.2, 0.25) is 0 Å². The summed E-state index contributed by atoms with van der Waals surface area (Å²) in [6.07, 6.45) is 84.6. The molecule has 430 valence electrons. The number of hydrogen-bond donors (Lipinski definition) is 0.